The van der Waals surface area contributed by atoms with Crippen molar-refractivity contribution in [2.24, 2.45) is 0 Å². The summed E-state index contributed by atoms with van der Waals surface area (Å²) < 4.78 is 18.2. The maximum absolute atomic E-state index is 13.0. The van der Waals surface area contributed by atoms with Gasteiger partial charge < -0.3 is 36.6 Å². The lowest BCUT2D eigenvalue weighted by Gasteiger charge is -2.43. The topological polar surface area (TPSA) is 147 Å². The molecule has 0 saturated carbocycles. The molecule has 1 amide bonds. The molecule has 1 heterocycles. The van der Waals surface area contributed by atoms with E-state index in [9.17, 15) is 24.5 Å². The Balaban J connectivity index is 1.73. The zero-order chi connectivity index (χ0) is 27.7. The van der Waals surface area contributed by atoms with Crippen molar-refractivity contribution < 1.29 is 38.5 Å². The molecule has 2 aromatic carbocycles. The normalized spacial score (nSPS) is 15.1. The number of anilines is 1. The minimum absolute atomic E-state index is 0.0254. The van der Waals surface area contributed by atoms with Crippen molar-refractivity contribution >= 4 is 58.3 Å². The van der Waals surface area contributed by atoms with E-state index >= 15 is 0 Å². The molecule has 1 N–H and O–H groups in total. The number of carbonyl (C=O) groups is 3. The van der Waals surface area contributed by atoms with Gasteiger partial charge in [0.05, 0.1) is 19.8 Å². The summed E-state index contributed by atoms with van der Waals surface area (Å²) in [5.41, 5.74) is 0.219. The molecule has 1 fully saturated rings. The summed E-state index contributed by atoms with van der Waals surface area (Å²) in [4.78, 5) is 51.1. The minimum atomic E-state index is -2.40. The predicted octanol–water partition coefficient (Wildman–Crippen LogP) is 2.57. The first-order chi connectivity index (χ1) is 18.1. The van der Waals surface area contributed by atoms with Gasteiger partial charge in [0, 0.05) is 38.2 Å². The van der Waals surface area contributed by atoms with Crippen molar-refractivity contribution in [1.82, 2.24) is 4.67 Å². The average molecular weight is 583 g/mol. The molecule has 38 heavy (non-hydrogen) atoms. The first-order valence-corrected chi connectivity index (χ1v) is 15.2. The SMILES string of the molecule is CC(=O)Nc1ccc(C(=O)Oc2ccc(P(=S)([S-])N3CCOCC3)cc2)c(OC(=O)CCCO[N+](=O)[O-])c1. The number of hydrogen-bond donors (Lipinski definition) is 1. The van der Waals surface area contributed by atoms with Crippen molar-refractivity contribution in [2.45, 2.75) is 19.8 Å². The molecule has 204 valence electrons. The minimum Gasteiger partial charge on any atom is -0.727 e. The fourth-order valence-electron chi connectivity index (χ4n) is 3.43. The Bertz CT molecular complexity index is 1240. The Labute approximate surface area is 228 Å². The van der Waals surface area contributed by atoms with Crippen LogP contribution in [-0.4, -0.2) is 60.5 Å². The highest BCUT2D eigenvalue weighted by Gasteiger charge is 2.21. The molecule has 0 radical (unpaired) electrons. The van der Waals surface area contributed by atoms with E-state index in [4.69, 9.17) is 38.3 Å². The number of amides is 1. The quantitative estimate of drug-likeness (QED) is 0.0790. The van der Waals surface area contributed by atoms with Crippen LogP contribution in [0.15, 0.2) is 42.5 Å². The van der Waals surface area contributed by atoms with Gasteiger partial charge in [-0.15, -0.1) is 21.9 Å². The second-order valence-electron chi connectivity index (χ2n) is 8.00. The van der Waals surface area contributed by atoms with Crippen molar-refractivity contribution in [3.63, 3.8) is 0 Å². The standard InChI is InChI=1S/C23H26N3O9PS2/c1-16(27)24-17-4-9-20(21(15-17)35-22(28)3-2-12-33-26(30)31)23(29)34-18-5-7-19(8-6-18)36(37,38)25-10-13-32-14-11-25/h4-9,15H,2-3,10-14H2,1H3,(H,24,27)(H,37,38)/p-1. The van der Waals surface area contributed by atoms with E-state index in [1.807, 2.05) is 0 Å². The van der Waals surface area contributed by atoms with Crippen molar-refractivity contribution in [2.75, 3.05) is 38.2 Å². The molecule has 0 aliphatic carbocycles. The molecule has 1 atom stereocenters. The molecule has 0 aromatic heterocycles. The summed E-state index contributed by atoms with van der Waals surface area (Å²) in [6.07, 6.45) is -0.179. The molecule has 0 bridgehead atoms. The number of rotatable bonds is 11. The Hall–Kier alpha value is -3.03. The van der Waals surface area contributed by atoms with E-state index < -0.39 is 22.4 Å². The molecule has 0 spiro atoms. The van der Waals surface area contributed by atoms with E-state index in [0.29, 0.717) is 26.3 Å². The van der Waals surface area contributed by atoms with Crippen LogP contribution in [0.5, 0.6) is 11.5 Å². The fourth-order valence-corrected chi connectivity index (χ4v) is 6.68. The maximum atomic E-state index is 13.0. The Morgan fingerprint density at radius 1 is 1.16 bits per heavy atom. The number of morpholine rings is 1. The summed E-state index contributed by atoms with van der Waals surface area (Å²) >= 11 is 11.5. The number of benzene rings is 2. The second kappa shape index (κ2) is 13.7. The van der Waals surface area contributed by atoms with Crippen LogP contribution in [0, 0.1) is 10.1 Å². The zero-order valence-electron chi connectivity index (χ0n) is 20.3. The van der Waals surface area contributed by atoms with E-state index in [0.717, 1.165) is 5.30 Å². The summed E-state index contributed by atoms with van der Waals surface area (Å²) in [6, 6.07) is 10.8. The number of hydrogen-bond acceptors (Lipinski definition) is 11. The lowest BCUT2D eigenvalue weighted by atomic mass is 10.1. The number of carbonyl (C=O) groups excluding carboxylic acids is 3. The third kappa shape index (κ3) is 8.50. The van der Waals surface area contributed by atoms with E-state index in [1.165, 1.54) is 25.1 Å². The fraction of sp³-hybridized carbons (Fsp3) is 0.348. The van der Waals surface area contributed by atoms with Gasteiger partial charge in [-0.3, -0.25) is 14.3 Å². The molecule has 2 aromatic rings. The van der Waals surface area contributed by atoms with Crippen LogP contribution in [0.25, 0.3) is 0 Å². The van der Waals surface area contributed by atoms with Gasteiger partial charge in [-0.25, -0.2) is 4.79 Å². The maximum Gasteiger partial charge on any atom is 0.347 e. The number of nitrogens with one attached hydrogen (secondary N) is 1. The molecule has 1 saturated heterocycles. The lowest BCUT2D eigenvalue weighted by Crippen LogP contribution is -2.35. The van der Waals surface area contributed by atoms with E-state index in [1.54, 1.807) is 24.3 Å². The Morgan fingerprint density at radius 3 is 2.47 bits per heavy atom. The number of esters is 2. The van der Waals surface area contributed by atoms with Gasteiger partial charge in [0.15, 0.2) is 0 Å². The van der Waals surface area contributed by atoms with Crippen LogP contribution >= 0.6 is 5.39 Å². The first-order valence-electron chi connectivity index (χ1n) is 11.4. The molecule has 1 aliphatic rings. The average Bonchev–Trinajstić information content (AvgIpc) is 2.87. The first kappa shape index (κ1) is 29.5. The third-order valence-electron chi connectivity index (χ3n) is 5.20. The Kier molecular flexibility index (Phi) is 10.6. The van der Waals surface area contributed by atoms with Crippen molar-refractivity contribution in [1.29, 1.82) is 0 Å². The third-order valence-corrected chi connectivity index (χ3v) is 9.95. The molecule has 12 nitrogen and oxygen atoms in total. The van der Waals surface area contributed by atoms with Crippen molar-refractivity contribution in [3.05, 3.63) is 58.1 Å². The zero-order valence-corrected chi connectivity index (χ0v) is 22.9. The smallest absolute Gasteiger partial charge is 0.347 e. The van der Waals surface area contributed by atoms with Crippen LogP contribution in [0.4, 0.5) is 5.69 Å². The molecular weight excluding hydrogens is 557 g/mol. The van der Waals surface area contributed by atoms with Gasteiger partial charge in [-0.1, -0.05) is 17.5 Å². The van der Waals surface area contributed by atoms with Gasteiger partial charge >= 0.3 is 11.9 Å². The summed E-state index contributed by atoms with van der Waals surface area (Å²) in [7, 11) is 0. The summed E-state index contributed by atoms with van der Waals surface area (Å²) in [6.45, 7) is 3.49. The molecule has 1 unspecified atom stereocenters. The van der Waals surface area contributed by atoms with Gasteiger partial charge in [-0.05, 0) is 36.0 Å². The van der Waals surface area contributed by atoms with Crippen LogP contribution in [-0.2, 0) is 43.2 Å². The predicted molar refractivity (Wildman–Crippen MR) is 144 cm³/mol. The number of nitrogens with zero attached hydrogens (tertiary/aromatic N) is 2. The highest BCUT2D eigenvalue weighted by molar-refractivity contribution is 8.56. The highest BCUT2D eigenvalue weighted by atomic mass is 32.9. The summed E-state index contributed by atoms with van der Waals surface area (Å²) in [5, 5.41) is 10.2. The second-order valence-corrected chi connectivity index (χ2v) is 14.0. The molecular formula is C23H25N3O9PS2-. The van der Waals surface area contributed by atoms with Gasteiger partial charge in [0.25, 0.3) is 5.09 Å². The van der Waals surface area contributed by atoms with Gasteiger partial charge in [0.2, 0.25) is 5.91 Å². The van der Waals surface area contributed by atoms with Gasteiger partial charge in [0.1, 0.15) is 17.1 Å². The molecule has 15 heteroatoms. The number of ether oxygens (including phenoxy) is 3. The Morgan fingerprint density at radius 2 is 1.84 bits per heavy atom. The summed E-state index contributed by atoms with van der Waals surface area (Å²) in [5.74, 6) is -1.85. The molecule has 3 rings (SSSR count). The molecule has 1 aliphatic heterocycles. The van der Waals surface area contributed by atoms with Crippen LogP contribution in [0.1, 0.15) is 30.1 Å². The lowest BCUT2D eigenvalue weighted by molar-refractivity contribution is -0.757. The van der Waals surface area contributed by atoms with Gasteiger partial charge in [-0.2, -0.15) is 0 Å². The van der Waals surface area contributed by atoms with Crippen LogP contribution < -0.4 is 20.1 Å². The highest BCUT2D eigenvalue weighted by Crippen LogP contribution is 2.46. The monoisotopic (exact) mass is 582 g/mol. The van der Waals surface area contributed by atoms with E-state index in [-0.39, 0.29) is 48.1 Å². The largest absolute Gasteiger partial charge is 0.727 e. The van der Waals surface area contributed by atoms with Crippen LogP contribution in [0.2, 0.25) is 0 Å². The van der Waals surface area contributed by atoms with E-state index in [2.05, 4.69) is 14.8 Å². The van der Waals surface area contributed by atoms with Crippen LogP contribution in [0.3, 0.4) is 0 Å². The van der Waals surface area contributed by atoms with Crippen molar-refractivity contribution in [3.8, 4) is 11.5 Å².